The van der Waals surface area contributed by atoms with E-state index in [4.69, 9.17) is 0 Å². The Morgan fingerprint density at radius 1 is 1.00 bits per heavy atom. The zero-order chi connectivity index (χ0) is 19.1. The molecule has 0 aliphatic heterocycles. The van der Waals surface area contributed by atoms with Crippen molar-refractivity contribution < 1.29 is 9.59 Å². The summed E-state index contributed by atoms with van der Waals surface area (Å²) < 4.78 is 0. The fourth-order valence-corrected chi connectivity index (χ4v) is 4.12. The van der Waals surface area contributed by atoms with Gasteiger partial charge in [-0.05, 0) is 44.0 Å². The van der Waals surface area contributed by atoms with Crippen LogP contribution >= 0.6 is 11.8 Å². The maximum atomic E-state index is 12.7. The summed E-state index contributed by atoms with van der Waals surface area (Å²) in [6, 6.07) is 15.5. The first-order chi connectivity index (χ1) is 13.1. The van der Waals surface area contributed by atoms with Crippen LogP contribution in [-0.4, -0.2) is 23.6 Å². The maximum absolute atomic E-state index is 12.7. The number of rotatable bonds is 6. The third kappa shape index (κ3) is 5.86. The third-order valence-corrected chi connectivity index (χ3v) is 5.84. The van der Waals surface area contributed by atoms with E-state index in [1.165, 1.54) is 31.0 Å². The highest BCUT2D eigenvalue weighted by Gasteiger charge is 2.19. The molecule has 142 valence electrons. The van der Waals surface area contributed by atoms with E-state index in [9.17, 15) is 9.59 Å². The number of anilines is 1. The van der Waals surface area contributed by atoms with E-state index in [1.807, 2.05) is 55.5 Å². The van der Waals surface area contributed by atoms with Crippen molar-refractivity contribution in [3.05, 3.63) is 59.7 Å². The Bertz CT molecular complexity index is 783. The molecule has 1 aliphatic rings. The van der Waals surface area contributed by atoms with E-state index in [-0.39, 0.29) is 23.6 Å². The number of nitrogens with one attached hydrogen (secondary N) is 2. The third-order valence-electron chi connectivity index (χ3n) is 4.77. The lowest BCUT2D eigenvalue weighted by Crippen LogP contribution is -2.36. The van der Waals surface area contributed by atoms with Gasteiger partial charge in [0, 0.05) is 16.6 Å². The minimum Gasteiger partial charge on any atom is -0.349 e. The van der Waals surface area contributed by atoms with Crippen molar-refractivity contribution in [3.8, 4) is 0 Å². The Hall–Kier alpha value is -2.27. The van der Waals surface area contributed by atoms with Gasteiger partial charge in [0.15, 0.2) is 0 Å². The second kappa shape index (κ2) is 9.60. The summed E-state index contributed by atoms with van der Waals surface area (Å²) in [6.45, 7) is 2.01. The summed E-state index contributed by atoms with van der Waals surface area (Å²) in [5, 5.41) is 6.05. The molecule has 5 heteroatoms. The van der Waals surface area contributed by atoms with Crippen LogP contribution in [0.2, 0.25) is 0 Å². The van der Waals surface area contributed by atoms with Gasteiger partial charge in [0.1, 0.15) is 0 Å². The average molecular weight is 383 g/mol. The molecule has 2 aromatic rings. The summed E-state index contributed by atoms with van der Waals surface area (Å²) in [6.07, 6.45) is 5.73. The normalized spacial score (nSPS) is 14.6. The molecule has 2 N–H and O–H groups in total. The Morgan fingerprint density at radius 3 is 2.44 bits per heavy atom. The first-order valence-electron chi connectivity index (χ1n) is 9.51. The van der Waals surface area contributed by atoms with Crippen LogP contribution in [0, 0.1) is 6.92 Å². The predicted molar refractivity (Wildman–Crippen MR) is 111 cm³/mol. The molecule has 1 aliphatic carbocycles. The monoisotopic (exact) mass is 382 g/mol. The van der Waals surface area contributed by atoms with Gasteiger partial charge < -0.3 is 10.6 Å². The lowest BCUT2D eigenvalue weighted by atomic mass is 9.95. The van der Waals surface area contributed by atoms with Crippen LogP contribution in [0.5, 0.6) is 0 Å². The summed E-state index contributed by atoms with van der Waals surface area (Å²) in [5.74, 6) is 0.150. The van der Waals surface area contributed by atoms with Gasteiger partial charge in [0.2, 0.25) is 5.91 Å². The summed E-state index contributed by atoms with van der Waals surface area (Å²) in [5.41, 5.74) is 2.59. The van der Waals surface area contributed by atoms with Crippen molar-refractivity contribution >= 4 is 29.3 Å². The summed E-state index contributed by atoms with van der Waals surface area (Å²) >= 11 is 1.40. The van der Waals surface area contributed by atoms with E-state index in [1.54, 1.807) is 0 Å². The second-order valence-corrected chi connectivity index (χ2v) is 8.02. The quantitative estimate of drug-likeness (QED) is 0.706. The molecule has 0 atom stereocenters. The number of hydrogen-bond donors (Lipinski definition) is 2. The first kappa shape index (κ1) is 19.5. The Kier molecular flexibility index (Phi) is 6.93. The average Bonchev–Trinajstić information content (AvgIpc) is 2.69. The molecule has 0 spiro atoms. The van der Waals surface area contributed by atoms with Crippen LogP contribution in [0.1, 0.15) is 48.0 Å². The predicted octanol–water partition coefficient (Wildman–Crippen LogP) is 4.79. The molecule has 4 nitrogen and oxygen atoms in total. The summed E-state index contributed by atoms with van der Waals surface area (Å²) in [4.78, 5) is 25.8. The molecule has 3 rings (SSSR count). The molecule has 0 bridgehead atoms. The van der Waals surface area contributed by atoms with Crippen molar-refractivity contribution in [1.29, 1.82) is 0 Å². The standard InChI is InChI=1S/C22H26N2O2S/c1-16-11-13-18(14-12-16)23-21(25)15-27-20-10-6-5-9-19(20)22(26)24-17-7-3-2-4-8-17/h5-6,9-14,17H,2-4,7-8,15H2,1H3,(H,23,25)(H,24,26). The zero-order valence-electron chi connectivity index (χ0n) is 15.7. The number of amides is 2. The van der Waals surface area contributed by atoms with Crippen LogP contribution in [-0.2, 0) is 4.79 Å². The molecule has 1 saturated carbocycles. The molecule has 0 unspecified atom stereocenters. The van der Waals surface area contributed by atoms with Crippen molar-refractivity contribution in [1.82, 2.24) is 5.32 Å². The van der Waals surface area contributed by atoms with Crippen LogP contribution in [0.4, 0.5) is 5.69 Å². The lowest BCUT2D eigenvalue weighted by Gasteiger charge is -2.23. The molecule has 0 radical (unpaired) electrons. The van der Waals surface area contributed by atoms with Gasteiger partial charge in [-0.15, -0.1) is 11.8 Å². The minimum atomic E-state index is -0.0775. The largest absolute Gasteiger partial charge is 0.349 e. The van der Waals surface area contributed by atoms with Crippen LogP contribution in [0.3, 0.4) is 0 Å². The van der Waals surface area contributed by atoms with Gasteiger partial charge >= 0.3 is 0 Å². The minimum absolute atomic E-state index is 0.0380. The number of carbonyl (C=O) groups is 2. The Morgan fingerprint density at radius 2 is 1.70 bits per heavy atom. The van der Waals surface area contributed by atoms with E-state index in [0.717, 1.165) is 29.0 Å². The molecule has 0 aromatic heterocycles. The fourth-order valence-electron chi connectivity index (χ4n) is 3.27. The van der Waals surface area contributed by atoms with E-state index in [0.29, 0.717) is 5.56 Å². The molecule has 0 saturated heterocycles. The topological polar surface area (TPSA) is 58.2 Å². The Labute approximate surface area is 165 Å². The highest BCUT2D eigenvalue weighted by molar-refractivity contribution is 8.00. The Balaban J connectivity index is 1.57. The van der Waals surface area contributed by atoms with Gasteiger partial charge in [0.25, 0.3) is 5.91 Å². The SMILES string of the molecule is Cc1ccc(NC(=O)CSc2ccccc2C(=O)NC2CCCCC2)cc1. The van der Waals surface area contributed by atoms with E-state index in [2.05, 4.69) is 10.6 Å². The van der Waals surface area contributed by atoms with Crippen molar-refractivity contribution in [2.75, 3.05) is 11.1 Å². The number of carbonyl (C=O) groups excluding carboxylic acids is 2. The zero-order valence-corrected chi connectivity index (χ0v) is 16.5. The van der Waals surface area contributed by atoms with Crippen LogP contribution in [0.15, 0.2) is 53.4 Å². The molecule has 2 amide bonds. The number of benzene rings is 2. The highest BCUT2D eigenvalue weighted by Crippen LogP contribution is 2.24. The first-order valence-corrected chi connectivity index (χ1v) is 10.5. The lowest BCUT2D eigenvalue weighted by molar-refractivity contribution is -0.113. The van der Waals surface area contributed by atoms with Gasteiger partial charge in [0.05, 0.1) is 11.3 Å². The molecule has 27 heavy (non-hydrogen) atoms. The molecular weight excluding hydrogens is 356 g/mol. The van der Waals surface area contributed by atoms with Crippen LogP contribution in [0.25, 0.3) is 0 Å². The molecular formula is C22H26N2O2S. The maximum Gasteiger partial charge on any atom is 0.252 e. The van der Waals surface area contributed by atoms with Crippen LogP contribution < -0.4 is 10.6 Å². The van der Waals surface area contributed by atoms with Gasteiger partial charge in [-0.25, -0.2) is 0 Å². The molecule has 1 fully saturated rings. The van der Waals surface area contributed by atoms with E-state index < -0.39 is 0 Å². The van der Waals surface area contributed by atoms with Gasteiger partial charge in [-0.3, -0.25) is 9.59 Å². The molecule has 0 heterocycles. The molecule has 2 aromatic carbocycles. The van der Waals surface area contributed by atoms with Gasteiger partial charge in [-0.1, -0.05) is 49.1 Å². The number of aryl methyl sites for hydroxylation is 1. The number of hydrogen-bond acceptors (Lipinski definition) is 3. The highest BCUT2D eigenvalue weighted by atomic mass is 32.2. The van der Waals surface area contributed by atoms with E-state index >= 15 is 0 Å². The summed E-state index contributed by atoms with van der Waals surface area (Å²) in [7, 11) is 0. The fraction of sp³-hybridized carbons (Fsp3) is 0.364. The van der Waals surface area contributed by atoms with Crippen molar-refractivity contribution in [3.63, 3.8) is 0 Å². The van der Waals surface area contributed by atoms with Crippen molar-refractivity contribution in [2.24, 2.45) is 0 Å². The second-order valence-electron chi connectivity index (χ2n) is 7.01. The van der Waals surface area contributed by atoms with Gasteiger partial charge in [-0.2, -0.15) is 0 Å². The number of thioether (sulfide) groups is 1. The van der Waals surface area contributed by atoms with Crippen molar-refractivity contribution in [2.45, 2.75) is 50.0 Å². The smallest absolute Gasteiger partial charge is 0.252 e.